The molecule has 1 saturated heterocycles. The molecule has 0 aliphatic carbocycles. The number of nitrogens with one attached hydrogen (secondary N) is 5. The first-order valence-electron chi connectivity index (χ1n) is 11.9. The summed E-state index contributed by atoms with van der Waals surface area (Å²) in [5.41, 5.74) is -0.160. The molecule has 5 rings (SSSR count). The Balaban J connectivity index is 1.31. The van der Waals surface area contributed by atoms with Crippen LogP contribution in [0.4, 0.5) is 24.7 Å². The van der Waals surface area contributed by atoms with Gasteiger partial charge in [0.05, 0.1) is 28.0 Å². The molecule has 0 spiro atoms. The highest BCUT2D eigenvalue weighted by Gasteiger charge is 2.37. The molecule has 1 aliphatic heterocycles. The lowest BCUT2D eigenvalue weighted by Gasteiger charge is -2.18. The smallest absolute Gasteiger partial charge is 0.350 e. The van der Waals surface area contributed by atoms with E-state index in [1.165, 1.54) is 35.1 Å². The quantitative estimate of drug-likeness (QED) is 0.233. The summed E-state index contributed by atoms with van der Waals surface area (Å²) in [6, 6.07) is 3.84. The molecule has 15 heteroatoms. The third kappa shape index (κ3) is 5.52. The Morgan fingerprint density at radius 3 is 2.79 bits per heavy atom. The van der Waals surface area contributed by atoms with Gasteiger partial charge < -0.3 is 21.3 Å². The minimum absolute atomic E-state index is 0.0291. The van der Waals surface area contributed by atoms with E-state index >= 15 is 0 Å². The molecule has 0 bridgehead atoms. The van der Waals surface area contributed by atoms with Gasteiger partial charge in [-0.25, -0.2) is 9.97 Å². The molecule has 39 heavy (non-hydrogen) atoms. The number of alkyl halides is 3. The molecule has 11 nitrogen and oxygen atoms in total. The molecule has 1 unspecified atom stereocenters. The highest BCUT2D eigenvalue weighted by molar-refractivity contribution is 6.34. The molecule has 2 amide bonds. The molecule has 204 valence electrons. The van der Waals surface area contributed by atoms with Crippen LogP contribution >= 0.6 is 11.6 Å². The van der Waals surface area contributed by atoms with E-state index in [9.17, 15) is 22.8 Å². The van der Waals surface area contributed by atoms with Crippen molar-refractivity contribution < 1.29 is 22.8 Å². The van der Waals surface area contributed by atoms with Crippen molar-refractivity contribution in [3.05, 3.63) is 59.3 Å². The van der Waals surface area contributed by atoms with Crippen LogP contribution in [0.2, 0.25) is 5.02 Å². The summed E-state index contributed by atoms with van der Waals surface area (Å²) >= 11 is 6.37. The molecule has 2 atom stereocenters. The first-order valence-corrected chi connectivity index (χ1v) is 12.3. The highest BCUT2D eigenvalue weighted by Crippen LogP contribution is 2.36. The average molecular weight is 562 g/mol. The minimum Gasteiger partial charge on any atom is -0.350 e. The summed E-state index contributed by atoms with van der Waals surface area (Å²) in [6.07, 6.45) is 1.52. The van der Waals surface area contributed by atoms with Crippen LogP contribution in [0.5, 0.6) is 0 Å². The Labute approximate surface area is 224 Å². The van der Waals surface area contributed by atoms with E-state index in [1.807, 2.05) is 0 Å². The van der Waals surface area contributed by atoms with Gasteiger partial charge in [-0.3, -0.25) is 19.1 Å². The monoisotopic (exact) mass is 561 g/mol. The second-order valence-corrected chi connectivity index (χ2v) is 9.38. The van der Waals surface area contributed by atoms with Gasteiger partial charge in [0.1, 0.15) is 6.04 Å². The lowest BCUT2D eigenvalue weighted by Crippen LogP contribution is -2.48. The SMILES string of the molecule is CC(NC(=O)c1ccc(Nc2nccn3c(-c4c[nH]nc4C(F)(F)F)cnc23)cc1Cl)C(=O)N[C@H]1CCNC1. The van der Waals surface area contributed by atoms with Gasteiger partial charge in [0, 0.05) is 36.9 Å². The molecular weight excluding hydrogens is 539 g/mol. The third-order valence-electron chi connectivity index (χ3n) is 6.24. The molecule has 3 aromatic heterocycles. The van der Waals surface area contributed by atoms with Crippen molar-refractivity contribution in [1.29, 1.82) is 0 Å². The molecular formula is C24H23ClF3N9O2. The summed E-state index contributed by atoms with van der Waals surface area (Å²) in [5.74, 6) is -0.555. The third-order valence-corrected chi connectivity index (χ3v) is 6.55. The van der Waals surface area contributed by atoms with Crippen LogP contribution in [0, 0.1) is 0 Å². The van der Waals surface area contributed by atoms with E-state index in [1.54, 1.807) is 13.0 Å². The van der Waals surface area contributed by atoms with Crippen molar-refractivity contribution in [2.24, 2.45) is 0 Å². The number of H-pyrrole nitrogens is 1. The van der Waals surface area contributed by atoms with Crippen LogP contribution in [-0.2, 0) is 11.0 Å². The van der Waals surface area contributed by atoms with E-state index < -0.39 is 23.8 Å². The number of nitrogens with zero attached hydrogens (tertiary/aromatic N) is 4. The normalized spacial score (nSPS) is 16.3. The van der Waals surface area contributed by atoms with Crippen molar-refractivity contribution in [3.63, 3.8) is 0 Å². The first-order chi connectivity index (χ1) is 18.6. The van der Waals surface area contributed by atoms with E-state index in [2.05, 4.69) is 41.4 Å². The fourth-order valence-electron chi connectivity index (χ4n) is 4.27. The van der Waals surface area contributed by atoms with Crippen LogP contribution in [0.15, 0.2) is 43.0 Å². The molecule has 0 radical (unpaired) electrons. The number of anilines is 2. The average Bonchev–Trinajstić information content (AvgIpc) is 3.64. The van der Waals surface area contributed by atoms with Crippen LogP contribution in [0.1, 0.15) is 29.4 Å². The molecule has 0 saturated carbocycles. The molecule has 4 heterocycles. The van der Waals surface area contributed by atoms with Crippen molar-refractivity contribution in [2.45, 2.75) is 31.6 Å². The molecule has 4 aromatic rings. The number of carbonyl (C=O) groups is 2. The maximum atomic E-state index is 13.4. The predicted molar refractivity (Wildman–Crippen MR) is 137 cm³/mol. The number of aromatic amines is 1. The largest absolute Gasteiger partial charge is 0.435 e. The zero-order valence-corrected chi connectivity index (χ0v) is 21.2. The number of aromatic nitrogens is 5. The molecule has 1 fully saturated rings. The minimum atomic E-state index is -4.65. The van der Waals surface area contributed by atoms with Gasteiger partial charge in [0.25, 0.3) is 5.91 Å². The Morgan fingerprint density at radius 2 is 2.08 bits per heavy atom. The topological polar surface area (TPSA) is 141 Å². The highest BCUT2D eigenvalue weighted by atomic mass is 35.5. The number of fused-ring (bicyclic) bond motifs is 1. The fraction of sp³-hybridized carbons (Fsp3) is 0.292. The van der Waals surface area contributed by atoms with Crippen LogP contribution in [-0.4, -0.2) is 61.6 Å². The second-order valence-electron chi connectivity index (χ2n) is 8.97. The van der Waals surface area contributed by atoms with E-state index in [0.29, 0.717) is 12.2 Å². The number of carbonyl (C=O) groups excluding carboxylic acids is 2. The van der Waals surface area contributed by atoms with Gasteiger partial charge >= 0.3 is 6.18 Å². The van der Waals surface area contributed by atoms with Crippen LogP contribution in [0.25, 0.3) is 16.9 Å². The zero-order chi connectivity index (χ0) is 27.7. The Hall–Kier alpha value is -4.17. The maximum Gasteiger partial charge on any atom is 0.435 e. The Kier molecular flexibility index (Phi) is 7.14. The summed E-state index contributed by atoms with van der Waals surface area (Å²) in [6.45, 7) is 3.11. The van der Waals surface area contributed by atoms with Crippen LogP contribution in [0.3, 0.4) is 0 Å². The van der Waals surface area contributed by atoms with Gasteiger partial charge in [-0.1, -0.05) is 11.6 Å². The maximum absolute atomic E-state index is 13.4. The number of amides is 2. The number of hydrogen-bond acceptors (Lipinski definition) is 7. The predicted octanol–water partition coefficient (Wildman–Crippen LogP) is 3.13. The van der Waals surface area contributed by atoms with Crippen molar-refractivity contribution in [1.82, 2.24) is 40.5 Å². The summed E-state index contributed by atoms with van der Waals surface area (Å²) < 4.78 is 41.5. The van der Waals surface area contributed by atoms with Gasteiger partial charge in [-0.15, -0.1) is 0 Å². The fourth-order valence-corrected chi connectivity index (χ4v) is 4.53. The van der Waals surface area contributed by atoms with Crippen molar-refractivity contribution in [3.8, 4) is 11.3 Å². The number of hydrogen-bond donors (Lipinski definition) is 5. The zero-order valence-electron chi connectivity index (χ0n) is 20.4. The molecule has 1 aromatic carbocycles. The van der Waals surface area contributed by atoms with E-state index in [-0.39, 0.29) is 45.3 Å². The van der Waals surface area contributed by atoms with Crippen molar-refractivity contribution >= 4 is 40.6 Å². The lowest BCUT2D eigenvalue weighted by molar-refractivity contribution is -0.140. The summed E-state index contributed by atoms with van der Waals surface area (Å²) in [4.78, 5) is 33.6. The first kappa shape index (κ1) is 26.4. The van der Waals surface area contributed by atoms with Gasteiger partial charge in [-0.2, -0.15) is 18.3 Å². The Bertz CT molecular complexity index is 1530. The van der Waals surface area contributed by atoms with Gasteiger partial charge in [0.2, 0.25) is 5.91 Å². The van der Waals surface area contributed by atoms with Gasteiger partial charge in [-0.05, 0) is 38.1 Å². The number of rotatable bonds is 7. The van der Waals surface area contributed by atoms with Crippen molar-refractivity contribution in [2.75, 3.05) is 18.4 Å². The number of imidazole rings is 1. The summed E-state index contributed by atoms with van der Waals surface area (Å²) in [7, 11) is 0. The van der Waals surface area contributed by atoms with E-state index in [4.69, 9.17) is 11.6 Å². The summed E-state index contributed by atoms with van der Waals surface area (Å²) in [5, 5.41) is 17.4. The Morgan fingerprint density at radius 1 is 1.26 bits per heavy atom. The van der Waals surface area contributed by atoms with E-state index in [0.717, 1.165) is 19.2 Å². The lowest BCUT2D eigenvalue weighted by atomic mass is 10.1. The van der Waals surface area contributed by atoms with Crippen LogP contribution < -0.4 is 21.3 Å². The standard InChI is InChI=1S/C24H23ClF3N9O2/c1-12(22(38)35-14-4-5-29-9-14)33-23(39)15-3-2-13(8-17(15)25)34-20-21-31-11-18(37(21)7-6-30-20)16-10-32-36-19(16)24(26,27)28/h2-3,6-8,10-12,14,29H,4-5,9H2,1H3,(H,30,34)(H,32,36)(H,33,39)(H,35,38)/t12?,14-/m0/s1. The number of benzene rings is 1. The molecule has 1 aliphatic rings. The van der Waals surface area contributed by atoms with Gasteiger partial charge in [0.15, 0.2) is 17.2 Å². The second kappa shape index (κ2) is 10.5. The number of halogens is 4. The molecule has 5 N–H and O–H groups in total.